The van der Waals surface area contributed by atoms with E-state index in [0.29, 0.717) is 10.6 Å². The van der Waals surface area contributed by atoms with Gasteiger partial charge >= 0.3 is 0 Å². The zero-order valence-corrected chi connectivity index (χ0v) is 11.4. The number of hydrogen-bond acceptors (Lipinski definition) is 4. The molecule has 0 aliphatic carbocycles. The van der Waals surface area contributed by atoms with E-state index in [1.54, 1.807) is 31.2 Å². The highest BCUT2D eigenvalue weighted by atomic mass is 32.2. The van der Waals surface area contributed by atoms with Crippen molar-refractivity contribution in [3.05, 3.63) is 24.3 Å². The van der Waals surface area contributed by atoms with Gasteiger partial charge in [-0.1, -0.05) is 19.1 Å². The van der Waals surface area contributed by atoms with E-state index < -0.39 is 9.84 Å². The number of benzene rings is 1. The fourth-order valence-electron chi connectivity index (χ4n) is 2.06. The van der Waals surface area contributed by atoms with Gasteiger partial charge in [0.1, 0.15) is 16.7 Å². The number of rotatable bonds is 4. The molecule has 18 heavy (non-hydrogen) atoms. The summed E-state index contributed by atoms with van der Waals surface area (Å²) in [7, 11) is -3.23. The molecule has 100 valence electrons. The molecule has 1 aliphatic rings. The Bertz CT molecular complexity index is 493. The Morgan fingerprint density at radius 3 is 2.83 bits per heavy atom. The molecule has 0 aromatic heterocycles. The molecule has 4 nitrogen and oxygen atoms in total. The minimum Gasteiger partial charge on any atom is -0.488 e. The largest absolute Gasteiger partial charge is 0.488 e. The predicted molar refractivity (Wildman–Crippen MR) is 70.7 cm³/mol. The van der Waals surface area contributed by atoms with Crippen molar-refractivity contribution in [2.24, 2.45) is 0 Å². The number of nitrogens with one attached hydrogen (secondary N) is 1. The summed E-state index contributed by atoms with van der Waals surface area (Å²) in [5, 5.41) is 3.25. The third-order valence-corrected chi connectivity index (χ3v) is 4.88. The Balaban J connectivity index is 2.22. The Hall–Kier alpha value is -1.07. The summed E-state index contributed by atoms with van der Waals surface area (Å²) in [4.78, 5) is 0.304. The summed E-state index contributed by atoms with van der Waals surface area (Å²) >= 11 is 0. The van der Waals surface area contributed by atoms with Gasteiger partial charge in [-0.25, -0.2) is 8.42 Å². The van der Waals surface area contributed by atoms with Gasteiger partial charge in [0.15, 0.2) is 9.84 Å². The van der Waals surface area contributed by atoms with E-state index in [2.05, 4.69) is 5.32 Å². The second-order valence-electron chi connectivity index (χ2n) is 4.44. The summed E-state index contributed by atoms with van der Waals surface area (Å²) < 4.78 is 29.8. The maximum Gasteiger partial charge on any atom is 0.181 e. The molecule has 0 spiro atoms. The zero-order chi connectivity index (χ0) is 13.0. The molecule has 2 rings (SSSR count). The molecular weight excluding hydrogens is 250 g/mol. The van der Waals surface area contributed by atoms with Crippen LogP contribution in [0.15, 0.2) is 29.2 Å². The molecule has 1 heterocycles. The number of sulfone groups is 1. The minimum absolute atomic E-state index is 0.0620. The molecule has 1 aromatic rings. The summed E-state index contributed by atoms with van der Waals surface area (Å²) in [6.45, 7) is 3.43. The highest BCUT2D eigenvalue weighted by Crippen LogP contribution is 2.26. The lowest BCUT2D eigenvalue weighted by atomic mass is 10.1. The second-order valence-corrected chi connectivity index (χ2v) is 6.68. The van der Waals surface area contributed by atoms with Crippen LogP contribution in [0.5, 0.6) is 5.75 Å². The Morgan fingerprint density at radius 2 is 2.17 bits per heavy atom. The molecule has 1 aromatic carbocycles. The van der Waals surface area contributed by atoms with E-state index in [-0.39, 0.29) is 11.9 Å². The van der Waals surface area contributed by atoms with Gasteiger partial charge in [-0.3, -0.25) is 0 Å². The van der Waals surface area contributed by atoms with E-state index in [9.17, 15) is 8.42 Å². The Labute approximate surface area is 108 Å². The SMILES string of the molecule is CCS(=O)(=O)c1ccccc1O[C@H]1CCCNC1. The van der Waals surface area contributed by atoms with Crippen LogP contribution in [-0.2, 0) is 9.84 Å². The van der Waals surface area contributed by atoms with Crippen LogP contribution in [0.4, 0.5) is 0 Å². The van der Waals surface area contributed by atoms with Crippen LogP contribution >= 0.6 is 0 Å². The van der Waals surface area contributed by atoms with Crippen LogP contribution in [-0.4, -0.2) is 33.4 Å². The number of hydrogen-bond donors (Lipinski definition) is 1. The van der Waals surface area contributed by atoms with Crippen molar-refractivity contribution in [3.8, 4) is 5.75 Å². The van der Waals surface area contributed by atoms with Crippen molar-refractivity contribution >= 4 is 9.84 Å². The average molecular weight is 269 g/mol. The maximum atomic E-state index is 12.0. The molecule has 1 atom stereocenters. The second kappa shape index (κ2) is 5.71. The van der Waals surface area contributed by atoms with E-state index in [1.165, 1.54) is 0 Å². The van der Waals surface area contributed by atoms with Gasteiger partial charge in [-0.05, 0) is 31.5 Å². The standard InChI is InChI=1S/C13H19NO3S/c1-2-18(15,16)13-8-4-3-7-12(13)17-11-6-5-9-14-10-11/h3-4,7-8,11,14H,2,5-6,9-10H2,1H3/t11-/m0/s1. The highest BCUT2D eigenvalue weighted by molar-refractivity contribution is 7.91. The summed E-state index contributed by atoms with van der Waals surface area (Å²) in [6.07, 6.45) is 2.09. The van der Waals surface area contributed by atoms with Gasteiger partial charge in [0.2, 0.25) is 0 Å². The smallest absolute Gasteiger partial charge is 0.181 e. The molecule has 1 N–H and O–H groups in total. The minimum atomic E-state index is -3.23. The van der Waals surface area contributed by atoms with Crippen molar-refractivity contribution in [1.82, 2.24) is 5.32 Å². The van der Waals surface area contributed by atoms with Gasteiger partial charge in [0.05, 0.1) is 5.75 Å². The molecule has 0 saturated carbocycles. The topological polar surface area (TPSA) is 55.4 Å². The monoisotopic (exact) mass is 269 g/mol. The number of ether oxygens (including phenoxy) is 1. The van der Waals surface area contributed by atoms with Gasteiger partial charge < -0.3 is 10.1 Å². The molecule has 1 fully saturated rings. The molecule has 0 bridgehead atoms. The fourth-order valence-corrected chi connectivity index (χ4v) is 3.08. The normalized spacial score (nSPS) is 20.6. The lowest BCUT2D eigenvalue weighted by molar-refractivity contribution is 0.163. The van der Waals surface area contributed by atoms with Gasteiger partial charge in [0.25, 0.3) is 0 Å². The van der Waals surface area contributed by atoms with Crippen LogP contribution in [0.25, 0.3) is 0 Å². The first-order chi connectivity index (χ1) is 8.63. The fraction of sp³-hybridized carbons (Fsp3) is 0.538. The summed E-state index contributed by atoms with van der Waals surface area (Å²) in [5.41, 5.74) is 0. The molecule has 0 unspecified atom stereocenters. The molecule has 1 aliphatic heterocycles. The number of para-hydroxylation sites is 1. The lowest BCUT2D eigenvalue weighted by Crippen LogP contribution is -2.37. The van der Waals surface area contributed by atoms with Crippen LogP contribution < -0.4 is 10.1 Å². The van der Waals surface area contributed by atoms with Gasteiger partial charge in [-0.2, -0.15) is 0 Å². The highest BCUT2D eigenvalue weighted by Gasteiger charge is 2.21. The van der Waals surface area contributed by atoms with E-state index in [0.717, 1.165) is 25.9 Å². The Morgan fingerprint density at radius 1 is 1.39 bits per heavy atom. The summed E-state index contributed by atoms with van der Waals surface area (Å²) in [5.74, 6) is 0.573. The van der Waals surface area contributed by atoms with Crippen molar-refractivity contribution in [1.29, 1.82) is 0 Å². The molecule has 0 amide bonds. The first-order valence-electron chi connectivity index (χ1n) is 6.32. The van der Waals surface area contributed by atoms with Gasteiger partial charge in [-0.15, -0.1) is 0 Å². The molecule has 0 radical (unpaired) electrons. The van der Waals surface area contributed by atoms with Crippen molar-refractivity contribution < 1.29 is 13.2 Å². The zero-order valence-electron chi connectivity index (χ0n) is 10.6. The first kappa shape index (κ1) is 13.4. The van der Waals surface area contributed by atoms with Crippen LogP contribution in [0.3, 0.4) is 0 Å². The quantitative estimate of drug-likeness (QED) is 0.902. The first-order valence-corrected chi connectivity index (χ1v) is 7.98. The third kappa shape index (κ3) is 3.03. The van der Waals surface area contributed by atoms with Crippen LogP contribution in [0.1, 0.15) is 19.8 Å². The number of piperidine rings is 1. The van der Waals surface area contributed by atoms with E-state index in [4.69, 9.17) is 4.74 Å². The predicted octanol–water partition coefficient (Wildman–Crippen LogP) is 1.61. The lowest BCUT2D eigenvalue weighted by Gasteiger charge is -2.24. The molecule has 5 heteroatoms. The van der Waals surface area contributed by atoms with E-state index in [1.807, 2.05) is 0 Å². The van der Waals surface area contributed by atoms with Crippen LogP contribution in [0.2, 0.25) is 0 Å². The van der Waals surface area contributed by atoms with Crippen molar-refractivity contribution in [2.75, 3.05) is 18.8 Å². The Kier molecular flexibility index (Phi) is 4.24. The van der Waals surface area contributed by atoms with Crippen LogP contribution in [0, 0.1) is 0 Å². The third-order valence-electron chi connectivity index (χ3n) is 3.11. The average Bonchev–Trinajstić information content (AvgIpc) is 2.40. The maximum absolute atomic E-state index is 12.0. The van der Waals surface area contributed by atoms with Gasteiger partial charge in [0, 0.05) is 6.54 Å². The summed E-state index contributed by atoms with van der Waals surface area (Å²) in [6, 6.07) is 6.89. The van der Waals surface area contributed by atoms with Crippen molar-refractivity contribution in [2.45, 2.75) is 30.8 Å². The van der Waals surface area contributed by atoms with E-state index >= 15 is 0 Å². The van der Waals surface area contributed by atoms with Crippen molar-refractivity contribution in [3.63, 3.8) is 0 Å². The molecule has 1 saturated heterocycles. The molecular formula is C13H19NO3S.